The van der Waals surface area contributed by atoms with Crippen molar-refractivity contribution in [3.05, 3.63) is 0 Å². The van der Waals surface area contributed by atoms with Gasteiger partial charge in [-0.2, -0.15) is 0 Å². The second kappa shape index (κ2) is 8.71. The summed E-state index contributed by atoms with van der Waals surface area (Å²) in [6, 6.07) is 0. The van der Waals surface area contributed by atoms with Crippen molar-refractivity contribution in [3.63, 3.8) is 0 Å². The molecule has 0 radical (unpaired) electrons. The molecule has 0 amide bonds. The van der Waals surface area contributed by atoms with Crippen molar-refractivity contribution in [1.29, 1.82) is 0 Å². The van der Waals surface area contributed by atoms with Crippen molar-refractivity contribution in [2.24, 2.45) is 0 Å². The van der Waals surface area contributed by atoms with E-state index in [1.54, 1.807) is 18.6 Å². The van der Waals surface area contributed by atoms with Crippen molar-refractivity contribution in [3.8, 4) is 0 Å². The predicted octanol–water partition coefficient (Wildman–Crippen LogP) is 6.67. The molecule has 2 aliphatic rings. The molecule has 120 valence electrons. The van der Waals surface area contributed by atoms with E-state index < -0.39 is 0 Å². The molecular weight excluding hydrogens is 260 g/mol. The summed E-state index contributed by atoms with van der Waals surface area (Å²) >= 11 is 0. The lowest BCUT2D eigenvalue weighted by Gasteiger charge is -2.49. The first-order valence-electron chi connectivity index (χ1n) is 9.47. The highest BCUT2D eigenvalue weighted by molar-refractivity contribution is 8.34. The fraction of sp³-hybridized carbons (Fsp3) is 1.00. The summed E-state index contributed by atoms with van der Waals surface area (Å²) in [6.07, 6.45) is 24.1. The van der Waals surface area contributed by atoms with Gasteiger partial charge in [-0.3, -0.25) is 0 Å². The first-order valence-corrected chi connectivity index (χ1v) is 11.8. The van der Waals surface area contributed by atoms with E-state index in [0.717, 1.165) is 10.5 Å². The van der Waals surface area contributed by atoms with Crippen LogP contribution < -0.4 is 0 Å². The van der Waals surface area contributed by atoms with Gasteiger partial charge >= 0.3 is 0 Å². The smallest absolute Gasteiger partial charge is 0.0112 e. The Labute approximate surface area is 129 Å². The van der Waals surface area contributed by atoms with Crippen LogP contribution in [-0.2, 0) is 0 Å². The fourth-order valence-corrected chi connectivity index (χ4v) is 8.81. The highest BCUT2D eigenvalue weighted by Gasteiger charge is 2.33. The van der Waals surface area contributed by atoms with Gasteiger partial charge in [-0.25, -0.2) is 10.0 Å². The van der Waals surface area contributed by atoms with Gasteiger partial charge in [0.25, 0.3) is 0 Å². The zero-order chi connectivity index (χ0) is 14.3. The van der Waals surface area contributed by atoms with Crippen LogP contribution in [0.15, 0.2) is 0 Å². The average molecular weight is 299 g/mol. The van der Waals surface area contributed by atoms with Crippen LogP contribution in [0.5, 0.6) is 0 Å². The van der Waals surface area contributed by atoms with Crippen molar-refractivity contribution in [1.82, 2.24) is 0 Å². The summed E-state index contributed by atoms with van der Waals surface area (Å²) in [4.78, 5) is 0. The van der Waals surface area contributed by atoms with Gasteiger partial charge in [0.15, 0.2) is 0 Å². The summed E-state index contributed by atoms with van der Waals surface area (Å²) in [5.41, 5.74) is 0. The van der Waals surface area contributed by atoms with Crippen molar-refractivity contribution < 1.29 is 0 Å². The van der Waals surface area contributed by atoms with E-state index in [-0.39, 0.29) is 10.0 Å². The van der Waals surface area contributed by atoms with Crippen molar-refractivity contribution >= 4 is 10.0 Å². The second-order valence-corrected chi connectivity index (χ2v) is 12.0. The summed E-state index contributed by atoms with van der Waals surface area (Å²) in [6.45, 7) is 2.62. The third-order valence-corrected chi connectivity index (χ3v) is 11.4. The molecule has 2 rings (SSSR count). The van der Waals surface area contributed by atoms with Crippen molar-refractivity contribution in [2.45, 2.75) is 107 Å². The van der Waals surface area contributed by atoms with Crippen molar-refractivity contribution in [2.75, 3.05) is 12.0 Å². The Morgan fingerprint density at radius 3 is 1.65 bits per heavy atom. The zero-order valence-corrected chi connectivity index (χ0v) is 15.0. The maximum absolute atomic E-state index is 2.76. The quantitative estimate of drug-likeness (QED) is 0.507. The number of hydrogen-bond acceptors (Lipinski definition) is 0. The molecule has 1 aliphatic carbocycles. The van der Waals surface area contributed by atoms with Crippen LogP contribution in [0, 0.1) is 0 Å². The Hall–Kier alpha value is 0.350. The Bertz CT molecular complexity index is 252. The molecule has 0 spiro atoms. The van der Waals surface area contributed by atoms with Gasteiger partial charge < -0.3 is 0 Å². The van der Waals surface area contributed by atoms with Gasteiger partial charge in [0, 0.05) is 0 Å². The van der Waals surface area contributed by atoms with E-state index >= 15 is 0 Å². The molecular formula is C19H38S. The monoisotopic (exact) mass is 298 g/mol. The molecule has 20 heavy (non-hydrogen) atoms. The molecule has 1 saturated carbocycles. The van der Waals surface area contributed by atoms with E-state index in [0.29, 0.717) is 0 Å². The van der Waals surface area contributed by atoms with E-state index in [1.807, 2.05) is 0 Å². The molecule has 0 bridgehead atoms. The molecule has 0 aromatic heterocycles. The lowest BCUT2D eigenvalue weighted by Crippen LogP contribution is -2.29. The van der Waals surface area contributed by atoms with Crippen LogP contribution in [-0.4, -0.2) is 22.5 Å². The van der Waals surface area contributed by atoms with E-state index in [4.69, 9.17) is 0 Å². The second-order valence-electron chi connectivity index (χ2n) is 7.62. The van der Waals surface area contributed by atoms with Gasteiger partial charge in [0.2, 0.25) is 0 Å². The standard InChI is InChI=1S/C19H38S/c1-18-14-10-6-5-9-13-17-20(18,2)19-15-11-7-3-4-8-12-16-19/h18-19H,3-17H2,1-2H3. The van der Waals surface area contributed by atoms with Crippen LogP contribution in [0.4, 0.5) is 0 Å². The van der Waals surface area contributed by atoms with Crippen LogP contribution in [0.3, 0.4) is 0 Å². The minimum Gasteiger partial charge on any atom is -0.238 e. The molecule has 2 atom stereocenters. The summed E-state index contributed by atoms with van der Waals surface area (Å²) in [5.74, 6) is 1.60. The van der Waals surface area contributed by atoms with E-state index in [1.165, 1.54) is 77.0 Å². The Kier molecular flexibility index (Phi) is 7.28. The average Bonchev–Trinajstić information content (AvgIpc) is 2.63. The lowest BCUT2D eigenvalue weighted by atomic mass is 10.1. The SMILES string of the molecule is CC1CCCCCCCS1(C)C1CCCCCCCC1. The van der Waals surface area contributed by atoms with Gasteiger partial charge in [0.05, 0.1) is 0 Å². The Morgan fingerprint density at radius 2 is 1.05 bits per heavy atom. The van der Waals surface area contributed by atoms with Gasteiger partial charge in [-0.05, 0) is 48.2 Å². The normalized spacial score (nSPS) is 39.2. The first kappa shape index (κ1) is 16.7. The summed E-state index contributed by atoms with van der Waals surface area (Å²) < 4.78 is 0. The summed E-state index contributed by atoms with van der Waals surface area (Å²) in [7, 11) is -0.360. The molecule has 2 fully saturated rings. The molecule has 1 heterocycles. The molecule has 0 aromatic carbocycles. The molecule has 2 unspecified atom stereocenters. The Balaban J connectivity index is 2.04. The highest BCUT2D eigenvalue weighted by Crippen LogP contribution is 2.59. The maximum atomic E-state index is 2.76. The minimum atomic E-state index is -0.360. The first-order chi connectivity index (χ1) is 9.73. The number of rotatable bonds is 1. The maximum Gasteiger partial charge on any atom is -0.0112 e. The topological polar surface area (TPSA) is 0 Å². The van der Waals surface area contributed by atoms with Crippen LogP contribution in [0.1, 0.15) is 96.8 Å². The predicted molar refractivity (Wildman–Crippen MR) is 96.3 cm³/mol. The lowest BCUT2D eigenvalue weighted by molar-refractivity contribution is 0.612. The van der Waals surface area contributed by atoms with Crippen LogP contribution >= 0.6 is 10.0 Å². The summed E-state index contributed by atoms with van der Waals surface area (Å²) in [5, 5.41) is 2.14. The van der Waals surface area contributed by atoms with Gasteiger partial charge in [-0.1, -0.05) is 71.1 Å². The van der Waals surface area contributed by atoms with Crippen LogP contribution in [0.2, 0.25) is 0 Å². The van der Waals surface area contributed by atoms with E-state index in [9.17, 15) is 0 Å². The fourth-order valence-electron chi connectivity index (χ4n) is 4.47. The molecule has 1 heteroatoms. The molecule has 0 nitrogen and oxygen atoms in total. The molecule has 1 saturated heterocycles. The highest BCUT2D eigenvalue weighted by atomic mass is 32.3. The molecule has 0 aromatic rings. The zero-order valence-electron chi connectivity index (χ0n) is 14.2. The van der Waals surface area contributed by atoms with Gasteiger partial charge in [-0.15, -0.1) is 0 Å². The minimum absolute atomic E-state index is 0.360. The van der Waals surface area contributed by atoms with E-state index in [2.05, 4.69) is 13.2 Å². The van der Waals surface area contributed by atoms with Crippen LogP contribution in [0.25, 0.3) is 0 Å². The molecule has 0 N–H and O–H groups in total. The third kappa shape index (κ3) is 4.68. The third-order valence-electron chi connectivity index (χ3n) is 6.18. The largest absolute Gasteiger partial charge is 0.238 e. The number of hydrogen-bond donors (Lipinski definition) is 0. The Morgan fingerprint density at radius 1 is 0.600 bits per heavy atom. The van der Waals surface area contributed by atoms with Gasteiger partial charge in [0.1, 0.15) is 0 Å². The molecule has 1 aliphatic heterocycles.